The molecule has 1 heterocycles. The quantitative estimate of drug-likeness (QED) is 0.528. The molecule has 12 heavy (non-hydrogen) atoms. The van der Waals surface area contributed by atoms with Gasteiger partial charge in [0.15, 0.2) is 0 Å². The summed E-state index contributed by atoms with van der Waals surface area (Å²) < 4.78 is 0. The topological polar surface area (TPSA) is 75.3 Å². The Morgan fingerprint density at radius 3 is 2.42 bits per heavy atom. The van der Waals surface area contributed by atoms with Gasteiger partial charge in [-0.25, -0.2) is 4.79 Å². The zero-order valence-electron chi connectivity index (χ0n) is 6.29. The van der Waals surface area contributed by atoms with Gasteiger partial charge in [-0.15, -0.1) is 0 Å². The Morgan fingerprint density at radius 1 is 1.33 bits per heavy atom. The van der Waals surface area contributed by atoms with Crippen LogP contribution in [0.4, 0.5) is 4.79 Å². The molecule has 2 atom stereocenters. The van der Waals surface area contributed by atoms with Crippen LogP contribution >= 0.6 is 0 Å². The van der Waals surface area contributed by atoms with Crippen LogP contribution in [0.3, 0.4) is 0 Å². The first-order valence-electron chi connectivity index (χ1n) is 3.81. The third-order valence-electron chi connectivity index (χ3n) is 2.12. The summed E-state index contributed by atoms with van der Waals surface area (Å²) in [4.78, 5) is 32.2. The number of carbonyl (C=O) groups is 3. The first-order chi connectivity index (χ1) is 5.66. The molecule has 0 radical (unpaired) electrons. The van der Waals surface area contributed by atoms with E-state index in [4.69, 9.17) is 0 Å². The fraction of sp³-hybridized carbons (Fsp3) is 0.571. The van der Waals surface area contributed by atoms with Crippen LogP contribution in [0, 0.1) is 5.92 Å². The highest BCUT2D eigenvalue weighted by molar-refractivity contribution is 6.05. The Kier molecular flexibility index (Phi) is 1.39. The second-order valence-electron chi connectivity index (χ2n) is 3.12. The number of amides is 3. The van der Waals surface area contributed by atoms with E-state index in [1.54, 1.807) is 0 Å². The molecule has 1 saturated carbocycles. The molecule has 2 N–H and O–H groups in total. The SMILES string of the molecule is O=C1NC(=O)C(CC2CC2=O)N1. The van der Waals surface area contributed by atoms with Crippen molar-refractivity contribution >= 4 is 17.7 Å². The summed E-state index contributed by atoms with van der Waals surface area (Å²) in [6.45, 7) is 0. The highest BCUT2D eigenvalue weighted by Gasteiger charge is 2.41. The fourth-order valence-electron chi connectivity index (χ4n) is 1.31. The minimum atomic E-state index is -0.492. The van der Waals surface area contributed by atoms with Gasteiger partial charge in [0.1, 0.15) is 11.8 Å². The molecule has 1 aliphatic carbocycles. The highest BCUT2D eigenvalue weighted by Crippen LogP contribution is 2.29. The van der Waals surface area contributed by atoms with E-state index in [2.05, 4.69) is 10.6 Å². The van der Waals surface area contributed by atoms with Gasteiger partial charge in [-0.3, -0.25) is 14.9 Å². The molecule has 0 aromatic heterocycles. The van der Waals surface area contributed by atoms with Crippen molar-refractivity contribution in [1.82, 2.24) is 10.6 Å². The Hall–Kier alpha value is -1.39. The van der Waals surface area contributed by atoms with Crippen molar-refractivity contribution < 1.29 is 14.4 Å². The van der Waals surface area contributed by atoms with E-state index in [1.807, 2.05) is 0 Å². The second-order valence-corrected chi connectivity index (χ2v) is 3.12. The summed E-state index contributed by atoms with van der Waals surface area (Å²) in [6.07, 6.45) is 1.01. The second kappa shape index (κ2) is 2.30. The Balaban J connectivity index is 1.92. The lowest BCUT2D eigenvalue weighted by atomic mass is 10.1. The van der Waals surface area contributed by atoms with E-state index in [9.17, 15) is 14.4 Å². The number of rotatable bonds is 2. The zero-order valence-corrected chi connectivity index (χ0v) is 6.29. The number of Topliss-reactive ketones (excluding diaryl/α,β-unsaturated/α-hetero) is 1. The van der Waals surface area contributed by atoms with E-state index in [0.717, 1.165) is 0 Å². The predicted molar refractivity (Wildman–Crippen MR) is 38.2 cm³/mol. The average molecular weight is 168 g/mol. The predicted octanol–water partition coefficient (Wildman–Crippen LogP) is -0.827. The maximum Gasteiger partial charge on any atom is 0.322 e. The van der Waals surface area contributed by atoms with Crippen molar-refractivity contribution in [1.29, 1.82) is 0 Å². The van der Waals surface area contributed by atoms with Crippen LogP contribution in [-0.2, 0) is 9.59 Å². The average Bonchev–Trinajstić information content (AvgIpc) is 2.55. The van der Waals surface area contributed by atoms with E-state index in [-0.39, 0.29) is 17.6 Å². The summed E-state index contributed by atoms with van der Waals surface area (Å²) in [5.74, 6) is -0.136. The number of imide groups is 1. The van der Waals surface area contributed by atoms with Gasteiger partial charge < -0.3 is 5.32 Å². The molecule has 2 rings (SSSR count). The fourth-order valence-corrected chi connectivity index (χ4v) is 1.31. The van der Waals surface area contributed by atoms with Gasteiger partial charge in [0.2, 0.25) is 0 Å². The monoisotopic (exact) mass is 168 g/mol. The van der Waals surface area contributed by atoms with Crippen molar-refractivity contribution in [3.8, 4) is 0 Å². The van der Waals surface area contributed by atoms with Gasteiger partial charge in [0.25, 0.3) is 5.91 Å². The molecule has 2 unspecified atom stereocenters. The molecule has 1 aliphatic heterocycles. The number of carbonyl (C=O) groups excluding carboxylic acids is 3. The van der Waals surface area contributed by atoms with Crippen molar-refractivity contribution in [3.05, 3.63) is 0 Å². The summed E-state index contributed by atoms with van der Waals surface area (Å²) in [5.41, 5.74) is 0. The summed E-state index contributed by atoms with van der Waals surface area (Å²) in [6, 6.07) is -0.952. The first-order valence-corrected chi connectivity index (χ1v) is 3.81. The highest BCUT2D eigenvalue weighted by atomic mass is 16.2. The lowest BCUT2D eigenvalue weighted by Crippen LogP contribution is -2.29. The summed E-state index contributed by atoms with van der Waals surface area (Å²) in [7, 11) is 0. The summed E-state index contributed by atoms with van der Waals surface area (Å²) in [5, 5.41) is 4.56. The Morgan fingerprint density at radius 2 is 2.00 bits per heavy atom. The van der Waals surface area contributed by atoms with Gasteiger partial charge in [0, 0.05) is 12.3 Å². The molecule has 2 aliphatic rings. The summed E-state index contributed by atoms with van der Waals surface area (Å²) >= 11 is 0. The molecule has 5 heteroatoms. The maximum atomic E-state index is 10.9. The molecule has 3 amide bonds. The normalized spacial score (nSPS) is 33.2. The molecular formula is C7H8N2O3. The minimum Gasteiger partial charge on any atom is -0.326 e. The van der Waals surface area contributed by atoms with Crippen LogP contribution in [0.1, 0.15) is 12.8 Å². The molecule has 0 aromatic rings. The van der Waals surface area contributed by atoms with E-state index < -0.39 is 12.1 Å². The van der Waals surface area contributed by atoms with Gasteiger partial charge in [-0.1, -0.05) is 0 Å². The van der Waals surface area contributed by atoms with Crippen LogP contribution in [-0.4, -0.2) is 23.8 Å². The van der Waals surface area contributed by atoms with Gasteiger partial charge in [-0.2, -0.15) is 0 Å². The van der Waals surface area contributed by atoms with Crippen LogP contribution in [0.5, 0.6) is 0 Å². The van der Waals surface area contributed by atoms with Crippen LogP contribution in [0.15, 0.2) is 0 Å². The maximum absolute atomic E-state index is 10.9. The lowest BCUT2D eigenvalue weighted by Gasteiger charge is -2.02. The standard InChI is InChI=1S/C7H8N2O3/c10-5-2-3(5)1-4-6(11)9-7(12)8-4/h3-4H,1-2H2,(H2,8,9,11,12). The molecule has 0 bridgehead atoms. The van der Waals surface area contributed by atoms with Crippen molar-refractivity contribution in [2.75, 3.05) is 0 Å². The van der Waals surface area contributed by atoms with Crippen LogP contribution in [0.25, 0.3) is 0 Å². The lowest BCUT2D eigenvalue weighted by molar-refractivity contribution is -0.120. The number of urea groups is 1. The third kappa shape index (κ3) is 1.17. The number of hydrogen-bond donors (Lipinski definition) is 2. The van der Waals surface area contributed by atoms with Crippen LogP contribution < -0.4 is 10.6 Å². The molecule has 5 nitrogen and oxygen atoms in total. The molecular weight excluding hydrogens is 160 g/mol. The minimum absolute atomic E-state index is 0.000787. The largest absolute Gasteiger partial charge is 0.326 e. The number of nitrogens with one attached hydrogen (secondary N) is 2. The van der Waals surface area contributed by atoms with E-state index in [0.29, 0.717) is 12.8 Å². The number of hydrogen-bond acceptors (Lipinski definition) is 3. The first kappa shape index (κ1) is 7.27. The third-order valence-corrected chi connectivity index (χ3v) is 2.12. The van der Waals surface area contributed by atoms with E-state index >= 15 is 0 Å². The number of ketones is 1. The van der Waals surface area contributed by atoms with Crippen molar-refractivity contribution in [2.45, 2.75) is 18.9 Å². The van der Waals surface area contributed by atoms with Crippen molar-refractivity contribution in [3.63, 3.8) is 0 Å². The molecule has 0 spiro atoms. The van der Waals surface area contributed by atoms with E-state index in [1.165, 1.54) is 0 Å². The van der Waals surface area contributed by atoms with Gasteiger partial charge in [-0.05, 0) is 6.42 Å². The zero-order chi connectivity index (χ0) is 8.72. The smallest absolute Gasteiger partial charge is 0.322 e. The van der Waals surface area contributed by atoms with Gasteiger partial charge >= 0.3 is 6.03 Å². The van der Waals surface area contributed by atoms with Crippen LogP contribution in [0.2, 0.25) is 0 Å². The Labute approximate surface area is 68.5 Å². The van der Waals surface area contributed by atoms with Crippen molar-refractivity contribution in [2.24, 2.45) is 5.92 Å². The molecule has 1 saturated heterocycles. The molecule has 2 fully saturated rings. The Bertz CT molecular complexity index is 274. The van der Waals surface area contributed by atoms with Gasteiger partial charge in [0.05, 0.1) is 0 Å². The molecule has 0 aromatic carbocycles. The molecule has 64 valence electrons.